The smallest absolute Gasteiger partial charge is 0.227 e. The fourth-order valence-corrected chi connectivity index (χ4v) is 4.12. The van der Waals surface area contributed by atoms with Gasteiger partial charge in [-0.05, 0) is 51.5 Å². The number of fused-ring (bicyclic) bond motifs is 1. The van der Waals surface area contributed by atoms with Gasteiger partial charge in [0, 0.05) is 30.6 Å². The Hall–Kier alpha value is -2.62. The summed E-state index contributed by atoms with van der Waals surface area (Å²) in [7, 11) is 0. The van der Waals surface area contributed by atoms with Gasteiger partial charge < -0.3 is 9.47 Å². The normalized spacial score (nSPS) is 17.7. The molecule has 1 atom stereocenters. The van der Waals surface area contributed by atoms with E-state index < -0.39 is 0 Å². The van der Waals surface area contributed by atoms with Gasteiger partial charge in [-0.15, -0.1) is 0 Å². The Labute approximate surface area is 154 Å². The molecular formula is C22H25N3O. The highest BCUT2D eigenvalue weighted by molar-refractivity contribution is 5.97. The predicted octanol–water partition coefficient (Wildman–Crippen LogP) is 4.75. The van der Waals surface area contributed by atoms with Crippen LogP contribution in [0.4, 0.5) is 5.69 Å². The Bertz CT molecular complexity index is 986. The topological polar surface area (TPSA) is 38.1 Å². The molecule has 1 aliphatic rings. The van der Waals surface area contributed by atoms with Crippen molar-refractivity contribution in [2.45, 2.75) is 46.1 Å². The SMILES string of the molecule is Cc1ccc(N2C[C@@H](c3nc4ccccc4n3C(C)C)CC2=O)c(C)c1. The number of aryl methyl sites for hydroxylation is 2. The Kier molecular flexibility index (Phi) is 4.06. The third-order valence-electron chi connectivity index (χ3n) is 5.27. The van der Waals surface area contributed by atoms with Crippen LogP contribution in [0, 0.1) is 13.8 Å². The average molecular weight is 347 g/mol. The molecule has 0 unspecified atom stereocenters. The molecular weight excluding hydrogens is 322 g/mol. The van der Waals surface area contributed by atoms with E-state index in [0.717, 1.165) is 28.1 Å². The second-order valence-corrected chi connectivity index (χ2v) is 7.62. The highest BCUT2D eigenvalue weighted by atomic mass is 16.2. The summed E-state index contributed by atoms with van der Waals surface area (Å²) in [5.41, 5.74) is 5.55. The van der Waals surface area contributed by atoms with E-state index in [1.165, 1.54) is 5.56 Å². The molecule has 4 heteroatoms. The Morgan fingerprint density at radius 3 is 2.62 bits per heavy atom. The number of hydrogen-bond acceptors (Lipinski definition) is 2. The number of carbonyl (C=O) groups is 1. The lowest BCUT2D eigenvalue weighted by Gasteiger charge is -2.20. The van der Waals surface area contributed by atoms with Crippen LogP contribution < -0.4 is 4.90 Å². The molecule has 0 spiro atoms. The number of imidazole rings is 1. The summed E-state index contributed by atoms with van der Waals surface area (Å²) in [5, 5.41) is 0. The minimum Gasteiger partial charge on any atom is -0.325 e. The molecule has 0 N–H and O–H groups in total. The van der Waals surface area contributed by atoms with Crippen molar-refractivity contribution in [1.82, 2.24) is 9.55 Å². The van der Waals surface area contributed by atoms with Crippen LogP contribution in [0.3, 0.4) is 0 Å². The number of para-hydroxylation sites is 2. The number of anilines is 1. The summed E-state index contributed by atoms with van der Waals surface area (Å²) in [6.07, 6.45) is 0.517. The zero-order chi connectivity index (χ0) is 18.4. The van der Waals surface area contributed by atoms with Crippen LogP contribution in [0.1, 0.15) is 49.2 Å². The van der Waals surface area contributed by atoms with Crippen molar-refractivity contribution in [2.75, 3.05) is 11.4 Å². The predicted molar refractivity (Wildman–Crippen MR) is 106 cm³/mol. The van der Waals surface area contributed by atoms with Crippen molar-refractivity contribution in [3.63, 3.8) is 0 Å². The largest absolute Gasteiger partial charge is 0.325 e. The zero-order valence-electron chi connectivity index (χ0n) is 15.9. The second-order valence-electron chi connectivity index (χ2n) is 7.62. The molecule has 4 nitrogen and oxygen atoms in total. The zero-order valence-corrected chi connectivity index (χ0v) is 15.9. The van der Waals surface area contributed by atoms with Gasteiger partial charge >= 0.3 is 0 Å². The Morgan fingerprint density at radius 1 is 1.12 bits per heavy atom. The lowest BCUT2D eigenvalue weighted by atomic mass is 10.1. The van der Waals surface area contributed by atoms with Crippen LogP contribution in [0.5, 0.6) is 0 Å². The number of benzene rings is 2. The molecule has 4 rings (SSSR count). The molecule has 1 saturated heterocycles. The van der Waals surface area contributed by atoms with Gasteiger partial charge in [-0.2, -0.15) is 0 Å². The van der Waals surface area contributed by atoms with E-state index in [1.54, 1.807) is 0 Å². The quantitative estimate of drug-likeness (QED) is 0.685. The summed E-state index contributed by atoms with van der Waals surface area (Å²) >= 11 is 0. The van der Waals surface area contributed by atoms with E-state index in [4.69, 9.17) is 4.98 Å². The van der Waals surface area contributed by atoms with E-state index >= 15 is 0 Å². The number of amides is 1. The van der Waals surface area contributed by atoms with Crippen molar-refractivity contribution in [1.29, 1.82) is 0 Å². The maximum absolute atomic E-state index is 12.8. The standard InChI is InChI=1S/C22H25N3O/c1-14(2)25-20-8-6-5-7-18(20)23-22(25)17-12-21(26)24(13-17)19-10-9-15(3)11-16(19)4/h5-11,14,17H,12-13H2,1-4H3/t17-/m0/s1. The third-order valence-corrected chi connectivity index (χ3v) is 5.27. The number of aromatic nitrogens is 2. The molecule has 0 bridgehead atoms. The van der Waals surface area contributed by atoms with Crippen LogP contribution in [0.2, 0.25) is 0 Å². The van der Waals surface area contributed by atoms with Crippen LogP contribution >= 0.6 is 0 Å². The molecule has 2 aromatic carbocycles. The lowest BCUT2D eigenvalue weighted by Crippen LogP contribution is -2.25. The van der Waals surface area contributed by atoms with E-state index in [-0.39, 0.29) is 11.8 Å². The first-order valence-electron chi connectivity index (χ1n) is 9.30. The van der Waals surface area contributed by atoms with Crippen LogP contribution in [-0.4, -0.2) is 22.0 Å². The highest BCUT2D eigenvalue weighted by Crippen LogP contribution is 2.35. The van der Waals surface area contributed by atoms with Crippen molar-refractivity contribution >= 4 is 22.6 Å². The number of carbonyl (C=O) groups excluding carboxylic acids is 1. The number of nitrogens with zero attached hydrogens (tertiary/aromatic N) is 3. The van der Waals surface area contributed by atoms with Crippen molar-refractivity contribution in [2.24, 2.45) is 0 Å². The summed E-state index contributed by atoms with van der Waals surface area (Å²) < 4.78 is 2.29. The number of hydrogen-bond donors (Lipinski definition) is 0. The third kappa shape index (κ3) is 2.70. The monoisotopic (exact) mass is 347 g/mol. The Morgan fingerprint density at radius 2 is 1.88 bits per heavy atom. The van der Waals surface area contributed by atoms with E-state index in [9.17, 15) is 4.79 Å². The van der Waals surface area contributed by atoms with Gasteiger partial charge in [0.25, 0.3) is 0 Å². The van der Waals surface area contributed by atoms with Crippen molar-refractivity contribution < 1.29 is 4.79 Å². The molecule has 26 heavy (non-hydrogen) atoms. The number of rotatable bonds is 3. The first kappa shape index (κ1) is 16.8. The van der Waals surface area contributed by atoms with Gasteiger partial charge in [-0.3, -0.25) is 4.79 Å². The minimum absolute atomic E-state index is 0.123. The van der Waals surface area contributed by atoms with Crippen molar-refractivity contribution in [3.8, 4) is 0 Å². The molecule has 134 valence electrons. The molecule has 1 aliphatic heterocycles. The molecule has 2 heterocycles. The fourth-order valence-electron chi connectivity index (χ4n) is 4.12. The summed E-state index contributed by atoms with van der Waals surface area (Å²) in [5.74, 6) is 1.34. The molecule has 0 radical (unpaired) electrons. The molecule has 0 saturated carbocycles. The highest BCUT2D eigenvalue weighted by Gasteiger charge is 2.35. The van der Waals surface area contributed by atoms with Gasteiger partial charge in [0.1, 0.15) is 5.82 Å². The van der Waals surface area contributed by atoms with Gasteiger partial charge in [0.05, 0.1) is 11.0 Å². The van der Waals surface area contributed by atoms with Gasteiger partial charge in [0.15, 0.2) is 0 Å². The Balaban J connectivity index is 1.73. The summed E-state index contributed by atoms with van der Waals surface area (Å²) in [4.78, 5) is 19.6. The van der Waals surface area contributed by atoms with E-state index in [1.807, 2.05) is 11.0 Å². The van der Waals surface area contributed by atoms with E-state index in [0.29, 0.717) is 19.0 Å². The molecule has 0 aliphatic carbocycles. The van der Waals surface area contributed by atoms with Crippen molar-refractivity contribution in [3.05, 3.63) is 59.4 Å². The fraction of sp³-hybridized carbons (Fsp3) is 0.364. The minimum atomic E-state index is 0.123. The van der Waals surface area contributed by atoms with Crippen LogP contribution in [0.25, 0.3) is 11.0 Å². The summed E-state index contributed by atoms with van der Waals surface area (Å²) in [6, 6.07) is 14.8. The first-order chi connectivity index (χ1) is 12.5. The average Bonchev–Trinajstić information content (AvgIpc) is 3.15. The summed E-state index contributed by atoms with van der Waals surface area (Å²) in [6.45, 7) is 9.20. The molecule has 1 amide bonds. The molecule has 1 aromatic heterocycles. The van der Waals surface area contributed by atoms with Gasteiger partial charge in [-0.25, -0.2) is 4.98 Å². The maximum atomic E-state index is 12.8. The van der Waals surface area contributed by atoms with Gasteiger partial charge in [-0.1, -0.05) is 29.8 Å². The molecule has 1 fully saturated rings. The van der Waals surface area contributed by atoms with Crippen LogP contribution in [0.15, 0.2) is 42.5 Å². The molecule has 3 aromatic rings. The second kappa shape index (κ2) is 6.27. The van der Waals surface area contributed by atoms with E-state index in [2.05, 4.69) is 68.7 Å². The maximum Gasteiger partial charge on any atom is 0.227 e. The lowest BCUT2D eigenvalue weighted by molar-refractivity contribution is -0.117. The first-order valence-corrected chi connectivity index (χ1v) is 9.30. The van der Waals surface area contributed by atoms with Gasteiger partial charge in [0.2, 0.25) is 5.91 Å². The van der Waals surface area contributed by atoms with Crippen LogP contribution in [-0.2, 0) is 4.79 Å².